The summed E-state index contributed by atoms with van der Waals surface area (Å²) < 4.78 is 11.4. The van der Waals surface area contributed by atoms with Crippen LogP contribution in [0.4, 0.5) is 5.69 Å². The van der Waals surface area contributed by atoms with E-state index in [4.69, 9.17) is 20.9 Å². The maximum Gasteiger partial charge on any atom is 0.254 e. The molecule has 6 nitrogen and oxygen atoms in total. The third kappa shape index (κ3) is 3.35. The molecule has 0 aliphatic carbocycles. The summed E-state index contributed by atoms with van der Waals surface area (Å²) in [6.45, 7) is 3.99. The lowest BCUT2D eigenvalue weighted by atomic mass is 10.0. The van der Waals surface area contributed by atoms with Crippen molar-refractivity contribution >= 4 is 11.6 Å². The number of nitrogens with two attached hydrogens (primary N) is 2. The van der Waals surface area contributed by atoms with Crippen LogP contribution >= 0.6 is 0 Å². The van der Waals surface area contributed by atoms with Gasteiger partial charge in [-0.3, -0.25) is 4.79 Å². The van der Waals surface area contributed by atoms with E-state index in [2.05, 4.69) is 4.98 Å². The van der Waals surface area contributed by atoms with Crippen molar-refractivity contribution in [3.63, 3.8) is 0 Å². The molecule has 1 fully saturated rings. The van der Waals surface area contributed by atoms with Gasteiger partial charge < -0.3 is 20.9 Å². The van der Waals surface area contributed by atoms with Crippen LogP contribution in [-0.2, 0) is 4.74 Å². The van der Waals surface area contributed by atoms with E-state index < -0.39 is 5.91 Å². The van der Waals surface area contributed by atoms with Crippen molar-refractivity contribution in [1.82, 2.24) is 4.98 Å². The minimum atomic E-state index is -0.594. The number of nitrogen functional groups attached to an aromatic ring is 1. The van der Waals surface area contributed by atoms with Crippen molar-refractivity contribution in [3.05, 3.63) is 17.8 Å². The maximum absolute atomic E-state index is 11.4. The molecule has 104 valence electrons. The van der Waals surface area contributed by atoms with Crippen LogP contribution in [0, 0.1) is 0 Å². The van der Waals surface area contributed by atoms with E-state index in [-0.39, 0.29) is 29.8 Å². The molecule has 1 aliphatic rings. The largest absolute Gasteiger partial charge is 0.474 e. The van der Waals surface area contributed by atoms with E-state index in [1.165, 1.54) is 12.3 Å². The fraction of sp³-hybridized carbons (Fsp3) is 0.538. The molecular weight excluding hydrogens is 246 g/mol. The summed E-state index contributed by atoms with van der Waals surface area (Å²) in [7, 11) is 0. The van der Waals surface area contributed by atoms with E-state index in [0.29, 0.717) is 5.69 Å². The van der Waals surface area contributed by atoms with Crippen LogP contribution in [0.3, 0.4) is 0 Å². The summed E-state index contributed by atoms with van der Waals surface area (Å²) in [5.41, 5.74) is 11.5. The van der Waals surface area contributed by atoms with Gasteiger partial charge in [0.2, 0.25) is 5.88 Å². The molecular formula is C13H19N3O3. The van der Waals surface area contributed by atoms with Crippen molar-refractivity contribution in [2.24, 2.45) is 5.73 Å². The van der Waals surface area contributed by atoms with E-state index in [1.54, 1.807) is 0 Å². The summed E-state index contributed by atoms with van der Waals surface area (Å²) in [5.74, 6) is -0.351. The quantitative estimate of drug-likeness (QED) is 0.852. The Morgan fingerprint density at radius 2 is 2.05 bits per heavy atom. The Labute approximate surface area is 112 Å². The molecule has 2 heterocycles. The van der Waals surface area contributed by atoms with E-state index >= 15 is 0 Å². The molecule has 0 radical (unpaired) electrons. The third-order valence-electron chi connectivity index (χ3n) is 3.07. The molecule has 4 N–H and O–H groups in total. The van der Waals surface area contributed by atoms with Crippen LogP contribution in [-0.4, -0.2) is 29.2 Å². The molecule has 6 heteroatoms. The molecule has 1 amide bonds. The fourth-order valence-corrected chi connectivity index (χ4v) is 2.34. The van der Waals surface area contributed by atoms with Crippen molar-refractivity contribution in [1.29, 1.82) is 0 Å². The average molecular weight is 265 g/mol. The Morgan fingerprint density at radius 1 is 1.42 bits per heavy atom. The highest BCUT2D eigenvalue weighted by atomic mass is 16.5. The normalized spacial score (nSPS) is 26.9. The Hall–Kier alpha value is -1.82. The zero-order valence-electron chi connectivity index (χ0n) is 11.1. The number of nitrogens with zero attached hydrogens (tertiary/aromatic N) is 1. The van der Waals surface area contributed by atoms with Gasteiger partial charge in [0.1, 0.15) is 11.7 Å². The first-order valence-corrected chi connectivity index (χ1v) is 6.33. The lowest BCUT2D eigenvalue weighted by Crippen LogP contribution is -2.36. The van der Waals surface area contributed by atoms with Gasteiger partial charge in [-0.1, -0.05) is 0 Å². The average Bonchev–Trinajstić information content (AvgIpc) is 2.30. The van der Waals surface area contributed by atoms with Gasteiger partial charge in [0.05, 0.1) is 24.1 Å². The highest BCUT2D eigenvalue weighted by Gasteiger charge is 2.27. The molecule has 0 aromatic carbocycles. The molecule has 0 bridgehead atoms. The number of rotatable bonds is 3. The van der Waals surface area contributed by atoms with Crippen LogP contribution in [0.15, 0.2) is 12.3 Å². The summed E-state index contributed by atoms with van der Waals surface area (Å²) >= 11 is 0. The Bertz CT molecular complexity index is 468. The zero-order chi connectivity index (χ0) is 14.0. The fourth-order valence-electron chi connectivity index (χ4n) is 2.34. The number of ether oxygens (including phenoxy) is 2. The van der Waals surface area contributed by atoms with Crippen LogP contribution in [0.1, 0.15) is 37.0 Å². The Kier molecular flexibility index (Phi) is 3.90. The number of hydrogen-bond donors (Lipinski definition) is 2. The number of aromatic nitrogens is 1. The van der Waals surface area contributed by atoms with Crippen molar-refractivity contribution in [2.75, 3.05) is 5.73 Å². The van der Waals surface area contributed by atoms with Crippen LogP contribution in [0.25, 0.3) is 0 Å². The highest BCUT2D eigenvalue weighted by Crippen LogP contribution is 2.25. The molecule has 0 saturated carbocycles. The van der Waals surface area contributed by atoms with Crippen molar-refractivity contribution < 1.29 is 14.3 Å². The predicted molar refractivity (Wildman–Crippen MR) is 70.8 cm³/mol. The number of carbonyl (C=O) groups is 1. The second-order valence-electron chi connectivity index (χ2n) is 4.95. The van der Waals surface area contributed by atoms with Crippen molar-refractivity contribution in [2.45, 2.75) is 45.0 Å². The van der Waals surface area contributed by atoms with Gasteiger partial charge in [-0.25, -0.2) is 4.98 Å². The van der Waals surface area contributed by atoms with Gasteiger partial charge in [0.25, 0.3) is 5.91 Å². The molecule has 1 aliphatic heterocycles. The molecule has 2 atom stereocenters. The number of primary amides is 1. The standard InChI is InChI=1S/C13H19N3O3/c1-7-3-10(4-8(2)18-7)19-13-11(12(15)17)5-9(14)6-16-13/h5-8,10H,3-4,14H2,1-2H3,(H2,15,17). The molecule has 1 saturated heterocycles. The number of amides is 1. The van der Waals surface area contributed by atoms with Gasteiger partial charge in [-0.15, -0.1) is 0 Å². The first-order valence-electron chi connectivity index (χ1n) is 6.33. The third-order valence-corrected chi connectivity index (χ3v) is 3.07. The SMILES string of the molecule is CC1CC(Oc2ncc(N)cc2C(N)=O)CC(C)O1. The first kappa shape index (κ1) is 13.6. The van der Waals surface area contributed by atoms with Gasteiger partial charge in [-0.05, 0) is 19.9 Å². The van der Waals surface area contributed by atoms with Crippen LogP contribution in [0.5, 0.6) is 5.88 Å². The van der Waals surface area contributed by atoms with E-state index in [0.717, 1.165) is 12.8 Å². The topological polar surface area (TPSA) is 100 Å². The van der Waals surface area contributed by atoms with Crippen LogP contribution in [0.2, 0.25) is 0 Å². The molecule has 2 unspecified atom stereocenters. The number of carbonyl (C=O) groups excluding carboxylic acids is 1. The van der Waals surface area contributed by atoms with Crippen molar-refractivity contribution in [3.8, 4) is 5.88 Å². The smallest absolute Gasteiger partial charge is 0.254 e. The summed E-state index contributed by atoms with van der Waals surface area (Å²) in [6.07, 6.45) is 3.18. The van der Waals surface area contributed by atoms with Gasteiger partial charge in [0.15, 0.2) is 0 Å². The molecule has 2 rings (SSSR count). The number of hydrogen-bond acceptors (Lipinski definition) is 5. The second-order valence-corrected chi connectivity index (χ2v) is 4.95. The summed E-state index contributed by atoms with van der Waals surface area (Å²) in [4.78, 5) is 15.4. The highest BCUT2D eigenvalue weighted by molar-refractivity contribution is 5.95. The Balaban J connectivity index is 2.16. The molecule has 1 aromatic rings. The van der Waals surface area contributed by atoms with Gasteiger partial charge in [-0.2, -0.15) is 0 Å². The molecule has 1 aromatic heterocycles. The van der Waals surface area contributed by atoms with E-state index in [1.807, 2.05) is 13.8 Å². The summed E-state index contributed by atoms with van der Waals surface area (Å²) in [5, 5.41) is 0. The Morgan fingerprint density at radius 3 is 2.63 bits per heavy atom. The lowest BCUT2D eigenvalue weighted by molar-refractivity contribution is -0.0730. The molecule has 19 heavy (non-hydrogen) atoms. The zero-order valence-corrected chi connectivity index (χ0v) is 11.1. The maximum atomic E-state index is 11.4. The lowest BCUT2D eigenvalue weighted by Gasteiger charge is -2.32. The van der Waals surface area contributed by atoms with Gasteiger partial charge >= 0.3 is 0 Å². The van der Waals surface area contributed by atoms with Gasteiger partial charge in [0, 0.05) is 12.8 Å². The first-order chi connectivity index (χ1) is 8.95. The second kappa shape index (κ2) is 5.44. The minimum Gasteiger partial charge on any atom is -0.474 e. The summed E-state index contributed by atoms with van der Waals surface area (Å²) in [6, 6.07) is 1.48. The number of anilines is 1. The predicted octanol–water partition coefficient (Wildman–Crippen LogP) is 1.10. The molecule has 0 spiro atoms. The monoisotopic (exact) mass is 265 g/mol. The minimum absolute atomic E-state index is 0.0343. The van der Waals surface area contributed by atoms with Crippen LogP contribution < -0.4 is 16.2 Å². The number of pyridine rings is 1. The van der Waals surface area contributed by atoms with E-state index in [9.17, 15) is 4.79 Å².